The average molecular weight is 188 g/mol. The molecule has 0 saturated heterocycles. The number of rotatable bonds is 6. The van der Waals surface area contributed by atoms with Crippen LogP contribution in [0.1, 0.15) is 20.8 Å². The summed E-state index contributed by atoms with van der Waals surface area (Å²) in [7, 11) is 1.64. The summed E-state index contributed by atoms with van der Waals surface area (Å²) in [6.07, 6.45) is 0. The Kier molecular flexibility index (Phi) is 6.54. The standard InChI is InChI=1S/C9H20N2O2/c1-7(2)11-9(12)8(3)10-5-6-13-4/h7-8,10H,5-6H2,1-4H3,(H,11,12). The van der Waals surface area contributed by atoms with Gasteiger partial charge in [-0.2, -0.15) is 0 Å². The van der Waals surface area contributed by atoms with Crippen LogP contribution in [0.2, 0.25) is 0 Å². The van der Waals surface area contributed by atoms with E-state index in [1.807, 2.05) is 20.8 Å². The zero-order valence-electron chi connectivity index (χ0n) is 8.89. The summed E-state index contributed by atoms with van der Waals surface area (Å²) in [4.78, 5) is 11.3. The molecule has 78 valence electrons. The monoisotopic (exact) mass is 188 g/mol. The molecule has 13 heavy (non-hydrogen) atoms. The molecule has 0 aromatic rings. The summed E-state index contributed by atoms with van der Waals surface area (Å²) in [6.45, 7) is 7.05. The molecule has 0 aliphatic rings. The van der Waals surface area contributed by atoms with Crippen molar-refractivity contribution in [1.29, 1.82) is 0 Å². The molecule has 1 unspecified atom stereocenters. The first-order valence-corrected chi connectivity index (χ1v) is 4.60. The Morgan fingerprint density at radius 3 is 2.46 bits per heavy atom. The first kappa shape index (κ1) is 12.4. The lowest BCUT2D eigenvalue weighted by molar-refractivity contribution is -0.123. The van der Waals surface area contributed by atoms with E-state index in [2.05, 4.69) is 10.6 Å². The number of ether oxygens (including phenoxy) is 1. The van der Waals surface area contributed by atoms with Crippen LogP contribution in [0.25, 0.3) is 0 Å². The van der Waals surface area contributed by atoms with E-state index >= 15 is 0 Å². The molecule has 4 nitrogen and oxygen atoms in total. The molecular formula is C9H20N2O2. The van der Waals surface area contributed by atoms with E-state index in [0.29, 0.717) is 13.2 Å². The second-order valence-electron chi connectivity index (χ2n) is 3.33. The van der Waals surface area contributed by atoms with E-state index in [-0.39, 0.29) is 18.0 Å². The van der Waals surface area contributed by atoms with Crippen molar-refractivity contribution in [2.75, 3.05) is 20.3 Å². The van der Waals surface area contributed by atoms with Gasteiger partial charge < -0.3 is 15.4 Å². The van der Waals surface area contributed by atoms with Crippen molar-refractivity contribution in [3.63, 3.8) is 0 Å². The summed E-state index contributed by atoms with van der Waals surface area (Å²) in [5.41, 5.74) is 0. The lowest BCUT2D eigenvalue weighted by Gasteiger charge is -2.15. The number of hydrogen-bond donors (Lipinski definition) is 2. The van der Waals surface area contributed by atoms with Crippen molar-refractivity contribution in [3.8, 4) is 0 Å². The van der Waals surface area contributed by atoms with Crippen LogP contribution in [0.3, 0.4) is 0 Å². The predicted octanol–water partition coefficient (Wildman–Crippen LogP) is 0.136. The molecule has 4 heteroatoms. The van der Waals surface area contributed by atoms with Gasteiger partial charge in [-0.3, -0.25) is 4.79 Å². The predicted molar refractivity (Wildman–Crippen MR) is 52.6 cm³/mol. The molecule has 0 rings (SSSR count). The largest absolute Gasteiger partial charge is 0.383 e. The van der Waals surface area contributed by atoms with E-state index in [0.717, 1.165) is 0 Å². The lowest BCUT2D eigenvalue weighted by Crippen LogP contribution is -2.45. The van der Waals surface area contributed by atoms with E-state index in [1.165, 1.54) is 0 Å². The van der Waals surface area contributed by atoms with Crippen LogP contribution in [-0.2, 0) is 9.53 Å². The van der Waals surface area contributed by atoms with Crippen LogP contribution in [0.5, 0.6) is 0 Å². The Labute approximate surface area is 80.0 Å². The molecule has 0 aromatic heterocycles. The molecule has 0 bridgehead atoms. The van der Waals surface area contributed by atoms with Crippen LogP contribution >= 0.6 is 0 Å². The second-order valence-corrected chi connectivity index (χ2v) is 3.33. The minimum absolute atomic E-state index is 0.0334. The zero-order valence-corrected chi connectivity index (χ0v) is 8.89. The van der Waals surface area contributed by atoms with E-state index in [9.17, 15) is 4.79 Å². The van der Waals surface area contributed by atoms with Gasteiger partial charge in [-0.15, -0.1) is 0 Å². The third-order valence-electron chi connectivity index (χ3n) is 1.58. The minimum atomic E-state index is -0.155. The average Bonchev–Trinajstić information content (AvgIpc) is 2.03. The van der Waals surface area contributed by atoms with Crippen LogP contribution < -0.4 is 10.6 Å². The SMILES string of the molecule is COCCNC(C)C(=O)NC(C)C. The Balaban J connectivity index is 3.57. The maximum absolute atomic E-state index is 11.3. The van der Waals surface area contributed by atoms with Crippen molar-refractivity contribution in [2.24, 2.45) is 0 Å². The van der Waals surface area contributed by atoms with E-state index in [4.69, 9.17) is 4.74 Å². The first-order valence-electron chi connectivity index (χ1n) is 4.60. The van der Waals surface area contributed by atoms with Gasteiger partial charge in [-0.1, -0.05) is 0 Å². The summed E-state index contributed by atoms with van der Waals surface area (Å²) >= 11 is 0. The van der Waals surface area contributed by atoms with Crippen molar-refractivity contribution < 1.29 is 9.53 Å². The molecule has 0 aliphatic carbocycles. The highest BCUT2D eigenvalue weighted by Crippen LogP contribution is 1.84. The maximum Gasteiger partial charge on any atom is 0.237 e. The Bertz CT molecular complexity index is 149. The van der Waals surface area contributed by atoms with Gasteiger partial charge in [0.1, 0.15) is 0 Å². The topological polar surface area (TPSA) is 50.4 Å². The van der Waals surface area contributed by atoms with E-state index in [1.54, 1.807) is 7.11 Å². The third kappa shape index (κ3) is 6.54. The fourth-order valence-electron chi connectivity index (χ4n) is 0.880. The Hall–Kier alpha value is -0.610. The quantitative estimate of drug-likeness (QED) is 0.583. The number of carbonyl (C=O) groups is 1. The van der Waals surface area contributed by atoms with Gasteiger partial charge in [0, 0.05) is 19.7 Å². The summed E-state index contributed by atoms with van der Waals surface area (Å²) in [6, 6.07) is 0.0386. The van der Waals surface area contributed by atoms with Gasteiger partial charge in [-0.05, 0) is 20.8 Å². The molecule has 0 fully saturated rings. The van der Waals surface area contributed by atoms with E-state index < -0.39 is 0 Å². The number of hydrogen-bond acceptors (Lipinski definition) is 3. The third-order valence-corrected chi connectivity index (χ3v) is 1.58. The highest BCUT2D eigenvalue weighted by Gasteiger charge is 2.11. The minimum Gasteiger partial charge on any atom is -0.383 e. The number of nitrogens with one attached hydrogen (secondary N) is 2. The highest BCUT2D eigenvalue weighted by atomic mass is 16.5. The molecule has 0 aromatic carbocycles. The van der Waals surface area contributed by atoms with Gasteiger partial charge in [0.15, 0.2) is 0 Å². The molecule has 0 spiro atoms. The van der Waals surface area contributed by atoms with Crippen LogP contribution in [0.4, 0.5) is 0 Å². The summed E-state index contributed by atoms with van der Waals surface area (Å²) < 4.78 is 4.86. The maximum atomic E-state index is 11.3. The Morgan fingerprint density at radius 2 is 2.00 bits per heavy atom. The molecule has 0 radical (unpaired) electrons. The lowest BCUT2D eigenvalue weighted by atomic mass is 10.3. The summed E-state index contributed by atoms with van der Waals surface area (Å²) in [5.74, 6) is 0.0334. The molecule has 1 amide bonds. The fraction of sp³-hybridized carbons (Fsp3) is 0.889. The molecule has 0 saturated carbocycles. The molecule has 0 aliphatic heterocycles. The second kappa shape index (κ2) is 6.86. The zero-order chi connectivity index (χ0) is 10.3. The number of carbonyl (C=O) groups excluding carboxylic acids is 1. The molecule has 1 atom stereocenters. The number of methoxy groups -OCH3 is 1. The van der Waals surface area contributed by atoms with Gasteiger partial charge in [-0.25, -0.2) is 0 Å². The molecule has 0 heterocycles. The van der Waals surface area contributed by atoms with Gasteiger partial charge in [0.25, 0.3) is 0 Å². The first-order chi connectivity index (χ1) is 6.07. The fourth-order valence-corrected chi connectivity index (χ4v) is 0.880. The highest BCUT2D eigenvalue weighted by molar-refractivity contribution is 5.81. The van der Waals surface area contributed by atoms with Crippen LogP contribution in [0, 0.1) is 0 Å². The summed E-state index contributed by atoms with van der Waals surface area (Å²) in [5, 5.41) is 5.88. The smallest absolute Gasteiger partial charge is 0.237 e. The molecular weight excluding hydrogens is 168 g/mol. The van der Waals surface area contributed by atoms with Crippen molar-refractivity contribution in [3.05, 3.63) is 0 Å². The van der Waals surface area contributed by atoms with Gasteiger partial charge >= 0.3 is 0 Å². The van der Waals surface area contributed by atoms with Gasteiger partial charge in [0.2, 0.25) is 5.91 Å². The van der Waals surface area contributed by atoms with Crippen molar-refractivity contribution in [1.82, 2.24) is 10.6 Å². The Morgan fingerprint density at radius 1 is 1.38 bits per heavy atom. The van der Waals surface area contributed by atoms with Crippen molar-refractivity contribution in [2.45, 2.75) is 32.9 Å². The van der Waals surface area contributed by atoms with Crippen LogP contribution in [0.15, 0.2) is 0 Å². The normalized spacial score (nSPS) is 13.0. The van der Waals surface area contributed by atoms with Crippen molar-refractivity contribution >= 4 is 5.91 Å². The number of amides is 1. The van der Waals surface area contributed by atoms with Gasteiger partial charge in [0.05, 0.1) is 12.6 Å². The van der Waals surface area contributed by atoms with Crippen LogP contribution in [-0.4, -0.2) is 38.3 Å². The molecule has 2 N–H and O–H groups in total.